The highest BCUT2D eigenvalue weighted by Crippen LogP contribution is 2.38. The first-order valence-corrected chi connectivity index (χ1v) is 5.09. The molecule has 1 heterocycles. The van der Waals surface area contributed by atoms with Crippen molar-refractivity contribution in [3.05, 3.63) is 54.1 Å². The van der Waals surface area contributed by atoms with Crippen LogP contribution in [0.1, 0.15) is 23.3 Å². The number of rotatable bonds is 1. The van der Waals surface area contributed by atoms with E-state index in [1.165, 1.54) is 5.56 Å². The van der Waals surface area contributed by atoms with Crippen molar-refractivity contribution >= 4 is 0 Å². The van der Waals surface area contributed by atoms with Gasteiger partial charge in [-0.25, -0.2) is 4.98 Å². The predicted octanol–water partition coefficient (Wildman–Crippen LogP) is 1.71. The summed E-state index contributed by atoms with van der Waals surface area (Å²) in [6.07, 6.45) is 5.89. The fourth-order valence-electron chi connectivity index (χ4n) is 2.29. The van der Waals surface area contributed by atoms with Gasteiger partial charge in [0.05, 0.1) is 12.4 Å². The first-order valence-electron chi connectivity index (χ1n) is 5.09. The Hall–Kier alpha value is -1.61. The van der Waals surface area contributed by atoms with Crippen molar-refractivity contribution in [2.45, 2.75) is 18.6 Å². The van der Waals surface area contributed by atoms with Crippen LogP contribution in [0, 0.1) is 0 Å². The third kappa shape index (κ3) is 1.27. The Morgan fingerprint density at radius 2 is 2.20 bits per heavy atom. The van der Waals surface area contributed by atoms with E-state index in [4.69, 9.17) is 0 Å². The number of benzene rings is 1. The van der Waals surface area contributed by atoms with Crippen LogP contribution in [-0.2, 0) is 6.42 Å². The number of hydrogen-bond donors (Lipinski definition) is 1. The van der Waals surface area contributed by atoms with Gasteiger partial charge in [-0.3, -0.25) is 0 Å². The minimum absolute atomic E-state index is 0.102. The average molecular weight is 200 g/mol. The van der Waals surface area contributed by atoms with Gasteiger partial charge in [0.2, 0.25) is 0 Å². The summed E-state index contributed by atoms with van der Waals surface area (Å²) in [4.78, 5) is 4.02. The molecule has 3 heteroatoms. The highest BCUT2D eigenvalue weighted by Gasteiger charge is 2.31. The lowest BCUT2D eigenvalue weighted by Crippen LogP contribution is -2.12. The minimum Gasteiger partial charge on any atom is -0.386 e. The first kappa shape index (κ1) is 8.68. The van der Waals surface area contributed by atoms with Crippen LogP contribution < -0.4 is 0 Å². The summed E-state index contributed by atoms with van der Waals surface area (Å²) in [5.74, 6) is 0. The van der Waals surface area contributed by atoms with Crippen molar-refractivity contribution in [3.63, 3.8) is 0 Å². The molecule has 2 atom stereocenters. The minimum atomic E-state index is -0.407. The predicted molar refractivity (Wildman–Crippen MR) is 56.4 cm³/mol. The van der Waals surface area contributed by atoms with E-state index in [2.05, 4.69) is 11.1 Å². The second-order valence-corrected chi connectivity index (χ2v) is 3.93. The van der Waals surface area contributed by atoms with Gasteiger partial charge in [0.25, 0.3) is 0 Å². The van der Waals surface area contributed by atoms with Gasteiger partial charge >= 0.3 is 0 Å². The van der Waals surface area contributed by atoms with Crippen LogP contribution in [0.5, 0.6) is 0 Å². The maximum atomic E-state index is 10.2. The number of hydrogen-bond acceptors (Lipinski definition) is 2. The zero-order valence-corrected chi connectivity index (χ0v) is 8.24. The zero-order valence-electron chi connectivity index (χ0n) is 8.24. The van der Waals surface area contributed by atoms with E-state index in [0.29, 0.717) is 0 Å². The lowest BCUT2D eigenvalue weighted by molar-refractivity contribution is 0.127. The Kier molecular flexibility index (Phi) is 1.86. The van der Waals surface area contributed by atoms with Gasteiger partial charge < -0.3 is 9.67 Å². The standard InChI is InChI=1S/C12H12N2O/c15-12-10-4-2-1-3-9(10)7-11(12)14-6-5-13-8-14/h1-6,8,11-12,15H,7H2. The molecule has 1 aliphatic rings. The van der Waals surface area contributed by atoms with E-state index >= 15 is 0 Å². The maximum absolute atomic E-state index is 10.2. The lowest BCUT2D eigenvalue weighted by Gasteiger charge is -2.16. The van der Waals surface area contributed by atoms with Gasteiger partial charge in [-0.05, 0) is 17.5 Å². The van der Waals surface area contributed by atoms with Crippen molar-refractivity contribution < 1.29 is 5.11 Å². The van der Waals surface area contributed by atoms with E-state index in [1.54, 1.807) is 12.5 Å². The van der Waals surface area contributed by atoms with Crippen molar-refractivity contribution in [3.8, 4) is 0 Å². The van der Waals surface area contributed by atoms with Crippen LogP contribution in [0.15, 0.2) is 43.0 Å². The van der Waals surface area contributed by atoms with Crippen LogP contribution in [0.25, 0.3) is 0 Å². The molecule has 0 radical (unpaired) electrons. The molecule has 0 bridgehead atoms. The quantitative estimate of drug-likeness (QED) is 0.761. The molecule has 1 aromatic heterocycles. The summed E-state index contributed by atoms with van der Waals surface area (Å²) in [6, 6.07) is 8.16. The van der Waals surface area contributed by atoms with Gasteiger partial charge in [0.15, 0.2) is 0 Å². The number of nitrogens with zero attached hydrogens (tertiary/aromatic N) is 2. The fourth-order valence-corrected chi connectivity index (χ4v) is 2.29. The van der Waals surface area contributed by atoms with Gasteiger partial charge in [-0.1, -0.05) is 24.3 Å². The number of aliphatic hydroxyl groups is 1. The van der Waals surface area contributed by atoms with E-state index in [0.717, 1.165) is 12.0 Å². The lowest BCUT2D eigenvalue weighted by atomic mass is 10.1. The molecule has 0 saturated heterocycles. The summed E-state index contributed by atoms with van der Waals surface area (Å²) in [6.45, 7) is 0. The molecule has 2 aromatic rings. The molecule has 0 spiro atoms. The summed E-state index contributed by atoms with van der Waals surface area (Å²) >= 11 is 0. The Labute approximate surface area is 88.0 Å². The molecule has 1 aromatic carbocycles. The van der Waals surface area contributed by atoms with E-state index in [1.807, 2.05) is 29.0 Å². The Morgan fingerprint density at radius 3 is 2.93 bits per heavy atom. The van der Waals surface area contributed by atoms with Crippen molar-refractivity contribution in [1.29, 1.82) is 0 Å². The molecule has 76 valence electrons. The summed E-state index contributed by atoms with van der Waals surface area (Å²) in [5.41, 5.74) is 2.29. The molecule has 1 N–H and O–H groups in total. The monoisotopic (exact) mass is 200 g/mol. The van der Waals surface area contributed by atoms with Crippen LogP contribution in [0.2, 0.25) is 0 Å². The van der Waals surface area contributed by atoms with Crippen molar-refractivity contribution in [1.82, 2.24) is 9.55 Å². The molecular formula is C12H12N2O. The summed E-state index contributed by atoms with van der Waals surface area (Å²) < 4.78 is 1.98. The number of aliphatic hydroxyl groups excluding tert-OH is 1. The van der Waals surface area contributed by atoms with Gasteiger partial charge in [0.1, 0.15) is 6.10 Å². The molecule has 2 unspecified atom stereocenters. The molecule has 3 nitrogen and oxygen atoms in total. The molecule has 0 aliphatic heterocycles. The van der Waals surface area contributed by atoms with Crippen LogP contribution in [0.4, 0.5) is 0 Å². The first-order chi connectivity index (χ1) is 7.36. The topological polar surface area (TPSA) is 38.0 Å². The molecule has 15 heavy (non-hydrogen) atoms. The third-order valence-corrected chi connectivity index (χ3v) is 3.08. The molecular weight excluding hydrogens is 188 g/mol. The van der Waals surface area contributed by atoms with Crippen LogP contribution >= 0.6 is 0 Å². The SMILES string of the molecule is OC1c2ccccc2CC1n1ccnc1. The van der Waals surface area contributed by atoms with E-state index in [9.17, 15) is 5.11 Å². The summed E-state index contributed by atoms with van der Waals surface area (Å²) in [7, 11) is 0. The Morgan fingerprint density at radius 1 is 1.33 bits per heavy atom. The molecule has 3 rings (SSSR count). The normalized spacial score (nSPS) is 24.1. The fraction of sp³-hybridized carbons (Fsp3) is 0.250. The average Bonchev–Trinajstić information content (AvgIpc) is 2.87. The molecule has 1 aliphatic carbocycles. The van der Waals surface area contributed by atoms with E-state index < -0.39 is 6.10 Å². The maximum Gasteiger partial charge on any atom is 0.100 e. The Balaban J connectivity index is 2.00. The molecule has 0 fully saturated rings. The van der Waals surface area contributed by atoms with Crippen molar-refractivity contribution in [2.24, 2.45) is 0 Å². The van der Waals surface area contributed by atoms with Gasteiger partial charge in [-0.15, -0.1) is 0 Å². The Bertz CT molecular complexity index is 464. The summed E-state index contributed by atoms with van der Waals surface area (Å²) in [5, 5.41) is 10.2. The zero-order chi connectivity index (χ0) is 10.3. The van der Waals surface area contributed by atoms with Gasteiger partial charge in [0, 0.05) is 12.4 Å². The largest absolute Gasteiger partial charge is 0.386 e. The number of imidazole rings is 1. The highest BCUT2D eigenvalue weighted by molar-refractivity contribution is 5.35. The van der Waals surface area contributed by atoms with Crippen LogP contribution in [-0.4, -0.2) is 14.7 Å². The number of aromatic nitrogens is 2. The van der Waals surface area contributed by atoms with E-state index in [-0.39, 0.29) is 6.04 Å². The van der Waals surface area contributed by atoms with Crippen LogP contribution in [0.3, 0.4) is 0 Å². The number of fused-ring (bicyclic) bond motifs is 1. The van der Waals surface area contributed by atoms with Crippen molar-refractivity contribution in [2.75, 3.05) is 0 Å². The third-order valence-electron chi connectivity index (χ3n) is 3.08. The second kappa shape index (κ2) is 3.21. The van der Waals surface area contributed by atoms with Gasteiger partial charge in [-0.2, -0.15) is 0 Å². The molecule has 0 amide bonds. The highest BCUT2D eigenvalue weighted by atomic mass is 16.3. The molecule has 0 saturated carbocycles. The smallest absolute Gasteiger partial charge is 0.100 e. The second-order valence-electron chi connectivity index (χ2n) is 3.93.